The number of sulfonamides is 1. The van der Waals surface area contributed by atoms with Crippen LogP contribution >= 0.6 is 0 Å². The molecule has 1 amide bonds. The highest BCUT2D eigenvalue weighted by Crippen LogP contribution is 2.35. The Labute approximate surface area is 156 Å². The van der Waals surface area contributed by atoms with Crippen molar-refractivity contribution in [1.29, 1.82) is 0 Å². The Morgan fingerprint density at radius 1 is 1.11 bits per heavy atom. The molecule has 2 atom stereocenters. The summed E-state index contributed by atoms with van der Waals surface area (Å²) < 4.78 is 65.3. The Hall–Kier alpha value is -1.81. The highest BCUT2D eigenvalue weighted by atomic mass is 32.2. The molecule has 0 saturated carbocycles. The lowest BCUT2D eigenvalue weighted by atomic mass is 9.80. The molecule has 0 bridgehead atoms. The van der Waals surface area contributed by atoms with E-state index in [9.17, 15) is 31.5 Å². The van der Waals surface area contributed by atoms with Crippen LogP contribution in [0.2, 0.25) is 0 Å². The van der Waals surface area contributed by atoms with E-state index in [1.165, 1.54) is 9.21 Å². The Bertz CT molecular complexity index is 801. The summed E-state index contributed by atoms with van der Waals surface area (Å²) >= 11 is 0. The predicted octanol–water partition coefficient (Wildman–Crippen LogP) is 3.49. The van der Waals surface area contributed by atoms with Crippen LogP contribution in [0, 0.1) is 5.41 Å². The second-order valence-corrected chi connectivity index (χ2v) is 9.56. The predicted molar refractivity (Wildman–Crippen MR) is 92.8 cm³/mol. The van der Waals surface area contributed by atoms with E-state index in [2.05, 4.69) is 0 Å². The van der Waals surface area contributed by atoms with Crippen molar-refractivity contribution in [2.45, 2.75) is 50.9 Å². The first-order chi connectivity index (χ1) is 12.2. The fourth-order valence-electron chi connectivity index (χ4n) is 3.66. The smallest absolute Gasteiger partial charge is 0.416 e. The van der Waals surface area contributed by atoms with Crippen molar-refractivity contribution in [3.05, 3.63) is 29.8 Å². The van der Waals surface area contributed by atoms with Gasteiger partial charge in [-0.15, -0.1) is 0 Å². The quantitative estimate of drug-likeness (QED) is 0.813. The van der Waals surface area contributed by atoms with E-state index in [0.29, 0.717) is 0 Å². The molecule has 0 aromatic heterocycles. The van der Waals surface area contributed by atoms with Crippen molar-refractivity contribution in [2.24, 2.45) is 5.41 Å². The van der Waals surface area contributed by atoms with Gasteiger partial charge in [0.25, 0.3) is 0 Å². The average Bonchev–Trinajstić information content (AvgIpc) is 2.52. The molecule has 10 heteroatoms. The van der Waals surface area contributed by atoms with Gasteiger partial charge in [0.1, 0.15) is 0 Å². The van der Waals surface area contributed by atoms with E-state index in [1.54, 1.807) is 6.92 Å². The molecule has 1 unspecified atom stereocenters. The monoisotopic (exact) mass is 408 g/mol. The van der Waals surface area contributed by atoms with Crippen LogP contribution in [-0.2, 0) is 16.2 Å². The van der Waals surface area contributed by atoms with Crippen molar-refractivity contribution in [3.8, 4) is 0 Å². The van der Waals surface area contributed by atoms with Crippen LogP contribution < -0.4 is 0 Å². The average molecular weight is 408 g/mol. The number of carboxylic acid groups (broad SMARTS) is 1. The molecule has 152 valence electrons. The second kappa shape index (κ2) is 6.97. The van der Waals surface area contributed by atoms with Crippen LogP contribution in [0.1, 0.15) is 33.3 Å². The number of amides is 1. The van der Waals surface area contributed by atoms with Crippen LogP contribution in [0.15, 0.2) is 29.2 Å². The van der Waals surface area contributed by atoms with Crippen LogP contribution in [0.3, 0.4) is 0 Å². The van der Waals surface area contributed by atoms with E-state index in [1.807, 2.05) is 20.8 Å². The molecule has 1 aliphatic rings. The summed E-state index contributed by atoms with van der Waals surface area (Å²) in [5.41, 5.74) is -1.47. The van der Waals surface area contributed by atoms with Gasteiger partial charge < -0.3 is 10.0 Å². The molecule has 1 aliphatic heterocycles. The van der Waals surface area contributed by atoms with Crippen molar-refractivity contribution in [1.82, 2.24) is 9.21 Å². The number of piperazine rings is 1. The third kappa shape index (κ3) is 4.21. The number of hydrogen-bond donors (Lipinski definition) is 1. The summed E-state index contributed by atoms with van der Waals surface area (Å²) in [6.45, 7) is 6.99. The number of halogens is 3. The molecular formula is C17H23F3N2O4S. The highest BCUT2D eigenvalue weighted by molar-refractivity contribution is 7.89. The minimum absolute atomic E-state index is 0.0124. The summed E-state index contributed by atoms with van der Waals surface area (Å²) in [5.74, 6) is 0. The molecule has 1 aromatic rings. The second-order valence-electron chi connectivity index (χ2n) is 7.67. The molecule has 1 fully saturated rings. The lowest BCUT2D eigenvalue weighted by Gasteiger charge is -2.49. The molecule has 1 N–H and O–H groups in total. The molecular weight excluding hydrogens is 385 g/mol. The number of carbonyl (C=O) groups is 1. The molecule has 6 nitrogen and oxygen atoms in total. The maximum absolute atomic E-state index is 13.0. The van der Waals surface area contributed by atoms with Crippen molar-refractivity contribution >= 4 is 16.1 Å². The van der Waals surface area contributed by atoms with E-state index in [4.69, 9.17) is 0 Å². The standard InChI is InChI=1S/C17H23F3N2O4S/c1-11-14(16(2,3)4)21(15(23)24)9-10-22(11)27(25,26)13-7-5-12(6-8-13)17(18,19)20/h5-8,11,14H,9-10H2,1-4H3,(H,23,24)/t11-,14?/m1/s1. The van der Waals surface area contributed by atoms with Crippen LogP contribution in [0.25, 0.3) is 0 Å². The number of benzene rings is 1. The lowest BCUT2D eigenvalue weighted by Crippen LogP contribution is -2.64. The molecule has 1 saturated heterocycles. The Kier molecular flexibility index (Phi) is 5.55. The van der Waals surface area contributed by atoms with Crippen LogP contribution in [-0.4, -0.2) is 54.0 Å². The highest BCUT2D eigenvalue weighted by Gasteiger charge is 2.46. The van der Waals surface area contributed by atoms with E-state index in [0.717, 1.165) is 24.3 Å². The number of hydrogen-bond acceptors (Lipinski definition) is 3. The minimum atomic E-state index is -4.56. The SMILES string of the molecule is C[C@@H]1C(C(C)(C)C)N(C(=O)O)CCN1S(=O)(=O)c1ccc(C(F)(F)F)cc1. The first-order valence-electron chi connectivity index (χ1n) is 8.36. The molecule has 1 heterocycles. The van der Waals surface area contributed by atoms with Gasteiger partial charge in [-0.3, -0.25) is 0 Å². The Morgan fingerprint density at radius 2 is 1.63 bits per heavy atom. The maximum Gasteiger partial charge on any atom is 0.416 e. The first-order valence-corrected chi connectivity index (χ1v) is 9.80. The summed E-state index contributed by atoms with van der Waals surface area (Å²) in [5, 5.41) is 9.45. The summed E-state index contributed by atoms with van der Waals surface area (Å²) in [6.07, 6.45) is -5.69. The van der Waals surface area contributed by atoms with Crippen molar-refractivity contribution < 1.29 is 31.5 Å². The molecule has 0 aliphatic carbocycles. The molecule has 0 spiro atoms. The third-order valence-electron chi connectivity index (χ3n) is 4.73. The van der Waals surface area contributed by atoms with Gasteiger partial charge in [0.05, 0.1) is 16.5 Å². The molecule has 27 heavy (non-hydrogen) atoms. The summed E-state index contributed by atoms with van der Waals surface area (Å²) in [7, 11) is -4.07. The van der Waals surface area contributed by atoms with E-state index in [-0.39, 0.29) is 18.0 Å². The number of rotatable bonds is 2. The van der Waals surface area contributed by atoms with Crippen LogP contribution in [0.5, 0.6) is 0 Å². The van der Waals surface area contributed by atoms with Crippen LogP contribution in [0.4, 0.5) is 18.0 Å². The first kappa shape index (κ1) is 21.5. The van der Waals surface area contributed by atoms with Gasteiger partial charge in [0.15, 0.2) is 0 Å². The molecule has 1 aromatic carbocycles. The van der Waals surface area contributed by atoms with Gasteiger partial charge in [-0.1, -0.05) is 20.8 Å². The number of nitrogens with zero attached hydrogens (tertiary/aromatic N) is 2. The zero-order valence-electron chi connectivity index (χ0n) is 15.5. The fourth-order valence-corrected chi connectivity index (χ4v) is 5.29. The Morgan fingerprint density at radius 3 is 2.04 bits per heavy atom. The summed E-state index contributed by atoms with van der Waals surface area (Å²) in [4.78, 5) is 12.5. The third-order valence-corrected chi connectivity index (χ3v) is 6.73. The van der Waals surface area contributed by atoms with Gasteiger partial charge in [-0.25, -0.2) is 13.2 Å². The molecule has 0 radical (unpaired) electrons. The minimum Gasteiger partial charge on any atom is -0.465 e. The topological polar surface area (TPSA) is 77.9 Å². The molecule has 2 rings (SSSR count). The van der Waals surface area contributed by atoms with Crippen molar-refractivity contribution in [2.75, 3.05) is 13.1 Å². The van der Waals surface area contributed by atoms with Gasteiger partial charge in [-0.05, 0) is 36.6 Å². The van der Waals surface area contributed by atoms with Gasteiger partial charge in [0, 0.05) is 19.1 Å². The van der Waals surface area contributed by atoms with E-state index < -0.39 is 45.4 Å². The summed E-state index contributed by atoms with van der Waals surface area (Å²) in [6, 6.07) is 2.04. The fraction of sp³-hybridized carbons (Fsp3) is 0.588. The van der Waals surface area contributed by atoms with Gasteiger partial charge in [-0.2, -0.15) is 17.5 Å². The zero-order valence-corrected chi connectivity index (χ0v) is 16.3. The van der Waals surface area contributed by atoms with Crippen molar-refractivity contribution in [3.63, 3.8) is 0 Å². The number of alkyl halides is 3. The lowest BCUT2D eigenvalue weighted by molar-refractivity contribution is -0.137. The normalized spacial score (nSPS) is 22.7. The largest absolute Gasteiger partial charge is 0.465 e. The van der Waals surface area contributed by atoms with Gasteiger partial charge in [0.2, 0.25) is 10.0 Å². The zero-order chi connectivity index (χ0) is 20.8. The Balaban J connectivity index is 2.40. The van der Waals surface area contributed by atoms with Gasteiger partial charge >= 0.3 is 12.3 Å². The van der Waals surface area contributed by atoms with E-state index >= 15 is 0 Å². The maximum atomic E-state index is 13.0.